The largest absolute Gasteiger partial charge is 0.496 e. The minimum absolute atomic E-state index is 0.0875. The number of carbonyl (C=O) groups is 1. The van der Waals surface area contributed by atoms with Gasteiger partial charge < -0.3 is 34.1 Å². The zero-order valence-electron chi connectivity index (χ0n) is 21.2. The molecule has 1 unspecified atom stereocenters. The Morgan fingerprint density at radius 1 is 0.941 bits per heavy atom. The van der Waals surface area contributed by atoms with Crippen molar-refractivity contribution in [2.75, 3.05) is 48.1 Å². The van der Waals surface area contributed by atoms with Crippen LogP contribution in [0.25, 0.3) is 0 Å². The van der Waals surface area contributed by atoms with Gasteiger partial charge in [-0.15, -0.1) is 0 Å². The van der Waals surface area contributed by atoms with Gasteiger partial charge in [-0.2, -0.15) is 0 Å². The molecule has 8 nitrogen and oxygen atoms in total. The molecule has 8 heteroatoms. The van der Waals surface area contributed by atoms with Crippen LogP contribution >= 0.6 is 0 Å². The third kappa shape index (κ3) is 8.76. The van der Waals surface area contributed by atoms with Gasteiger partial charge in [0.1, 0.15) is 5.75 Å². The summed E-state index contributed by atoms with van der Waals surface area (Å²) in [6.07, 6.45) is 2.94. The molecule has 2 rings (SSSR count). The Labute approximate surface area is 203 Å². The molecule has 0 bridgehead atoms. The van der Waals surface area contributed by atoms with Crippen LogP contribution in [0.1, 0.15) is 42.6 Å². The molecule has 2 N–H and O–H groups in total. The number of unbranched alkanes of at least 4 members (excludes halogenated alkanes) is 1. The maximum absolute atomic E-state index is 10.8. The maximum Gasteiger partial charge on any atom is 0.335 e. The zero-order chi connectivity index (χ0) is 25.5. The smallest absolute Gasteiger partial charge is 0.335 e. The van der Waals surface area contributed by atoms with Crippen LogP contribution in [0.3, 0.4) is 0 Å². The molecule has 2 aromatic carbocycles. The number of para-hydroxylation sites is 1. The second-order valence-corrected chi connectivity index (χ2v) is 7.64. The van der Waals surface area contributed by atoms with Crippen LogP contribution in [0.4, 0.5) is 0 Å². The third-order valence-electron chi connectivity index (χ3n) is 5.50. The average Bonchev–Trinajstić information content (AvgIpc) is 2.86. The lowest BCUT2D eigenvalue weighted by atomic mass is 10.0. The summed E-state index contributed by atoms with van der Waals surface area (Å²) >= 11 is 0. The highest BCUT2D eigenvalue weighted by Gasteiger charge is 2.16. The van der Waals surface area contributed by atoms with Gasteiger partial charge in [0.2, 0.25) is 5.75 Å². The quantitative estimate of drug-likeness (QED) is 0.416. The number of aromatic carboxylic acids is 1. The van der Waals surface area contributed by atoms with E-state index in [0.717, 1.165) is 38.1 Å². The summed E-state index contributed by atoms with van der Waals surface area (Å²) < 4.78 is 20.5. The number of benzene rings is 2. The van der Waals surface area contributed by atoms with Gasteiger partial charge in [-0.25, -0.2) is 4.79 Å². The van der Waals surface area contributed by atoms with Gasteiger partial charge >= 0.3 is 5.97 Å². The topological polar surface area (TPSA) is 97.7 Å². The number of methoxy groups -OCH3 is 4. The fraction of sp³-hybridized carbons (Fsp3) is 0.500. The van der Waals surface area contributed by atoms with Crippen molar-refractivity contribution in [2.45, 2.75) is 39.2 Å². The summed E-state index contributed by atoms with van der Waals surface area (Å²) in [4.78, 5) is 13.2. The predicted molar refractivity (Wildman–Crippen MR) is 133 cm³/mol. The van der Waals surface area contributed by atoms with Crippen molar-refractivity contribution in [3.8, 4) is 23.0 Å². The second kappa shape index (κ2) is 15.8. The first-order valence-corrected chi connectivity index (χ1v) is 11.4. The Bertz CT molecular complexity index is 847. The van der Waals surface area contributed by atoms with E-state index in [2.05, 4.69) is 30.9 Å². The molecule has 0 amide bonds. The number of carboxylic acid groups (broad SMARTS) is 1. The number of aliphatic hydroxyl groups is 1. The van der Waals surface area contributed by atoms with Crippen LogP contribution in [-0.4, -0.2) is 75.3 Å². The average molecular weight is 478 g/mol. The number of likely N-dealkylation sites (N-methyl/N-ethyl adjacent to an activating group) is 1. The highest BCUT2D eigenvalue weighted by atomic mass is 16.5. The molecule has 0 aliphatic carbocycles. The maximum atomic E-state index is 10.8. The molecule has 0 heterocycles. The first kappa shape index (κ1) is 29.1. The molecule has 1 atom stereocenters. The SMILES string of the molecule is CCN(CCCCO)C(C)Cc1ccccc1OC.COc1cc(C(=O)O)cc(OC)c1OC. The lowest BCUT2D eigenvalue weighted by Gasteiger charge is -2.28. The van der Waals surface area contributed by atoms with Crippen molar-refractivity contribution < 1.29 is 34.0 Å². The van der Waals surface area contributed by atoms with Gasteiger partial charge in [-0.1, -0.05) is 25.1 Å². The first-order valence-electron chi connectivity index (χ1n) is 11.4. The summed E-state index contributed by atoms with van der Waals surface area (Å²) in [5.74, 6) is 0.962. The molecule has 2 aromatic rings. The number of rotatable bonds is 13. The van der Waals surface area contributed by atoms with Crippen molar-refractivity contribution in [3.05, 3.63) is 47.5 Å². The Hall–Kier alpha value is -2.97. The number of ether oxygens (including phenoxy) is 4. The first-order chi connectivity index (χ1) is 16.4. The van der Waals surface area contributed by atoms with Crippen LogP contribution in [0.15, 0.2) is 36.4 Å². The lowest BCUT2D eigenvalue weighted by Crippen LogP contribution is -2.35. The van der Waals surface area contributed by atoms with Gasteiger partial charge in [-0.3, -0.25) is 0 Å². The molecule has 0 fully saturated rings. The molecule has 190 valence electrons. The van der Waals surface area contributed by atoms with Gasteiger partial charge in [-0.05, 0) is 63.0 Å². The molecule has 0 aliphatic rings. The van der Waals surface area contributed by atoms with E-state index in [9.17, 15) is 4.79 Å². The number of hydrogen-bond acceptors (Lipinski definition) is 7. The molecular weight excluding hydrogens is 438 g/mol. The van der Waals surface area contributed by atoms with Gasteiger partial charge in [0, 0.05) is 12.6 Å². The molecule has 34 heavy (non-hydrogen) atoms. The molecule has 0 spiro atoms. The summed E-state index contributed by atoms with van der Waals surface area (Å²) in [6.45, 7) is 6.83. The highest BCUT2D eigenvalue weighted by Crippen LogP contribution is 2.38. The highest BCUT2D eigenvalue weighted by molar-refractivity contribution is 5.89. The van der Waals surface area contributed by atoms with E-state index in [4.69, 9.17) is 29.2 Å². The van der Waals surface area contributed by atoms with Crippen molar-refractivity contribution in [3.63, 3.8) is 0 Å². The Balaban J connectivity index is 0.000000350. The molecule has 0 saturated heterocycles. The monoisotopic (exact) mass is 477 g/mol. The van der Waals surface area contributed by atoms with Crippen molar-refractivity contribution >= 4 is 5.97 Å². The van der Waals surface area contributed by atoms with Crippen LogP contribution in [-0.2, 0) is 6.42 Å². The van der Waals surface area contributed by atoms with E-state index in [-0.39, 0.29) is 5.56 Å². The molecule has 0 aromatic heterocycles. The summed E-state index contributed by atoms with van der Waals surface area (Å²) in [5, 5.41) is 17.7. The Morgan fingerprint density at radius 2 is 1.53 bits per heavy atom. The van der Waals surface area contributed by atoms with E-state index >= 15 is 0 Å². The molecule has 0 saturated carbocycles. The van der Waals surface area contributed by atoms with Gasteiger partial charge in [0.25, 0.3) is 0 Å². The van der Waals surface area contributed by atoms with E-state index in [1.54, 1.807) is 7.11 Å². The van der Waals surface area contributed by atoms with E-state index in [1.165, 1.54) is 39.0 Å². The standard InChI is InChI=1S/C16H27NO2.C10H12O5/c1-4-17(11-7-8-12-18)14(2)13-15-9-5-6-10-16(15)19-3;1-13-7-4-6(10(11)12)5-8(14-2)9(7)15-3/h5-6,9-10,14,18H,4,7-8,11-13H2,1-3H3;4-5H,1-3H3,(H,11,12). The van der Waals surface area contributed by atoms with Gasteiger partial charge in [0.15, 0.2) is 11.5 Å². The van der Waals surface area contributed by atoms with Crippen LogP contribution in [0, 0.1) is 0 Å². The van der Waals surface area contributed by atoms with E-state index < -0.39 is 5.97 Å². The zero-order valence-corrected chi connectivity index (χ0v) is 21.2. The summed E-state index contributed by atoms with van der Waals surface area (Å²) in [5.41, 5.74) is 1.35. The van der Waals surface area contributed by atoms with E-state index in [0.29, 0.717) is 29.9 Å². The van der Waals surface area contributed by atoms with Crippen molar-refractivity contribution in [1.29, 1.82) is 0 Å². The van der Waals surface area contributed by atoms with E-state index in [1.807, 2.05) is 12.1 Å². The summed E-state index contributed by atoms with van der Waals surface area (Å²) in [7, 11) is 6.05. The van der Waals surface area contributed by atoms with Gasteiger partial charge in [0.05, 0.1) is 34.0 Å². The van der Waals surface area contributed by atoms with Crippen molar-refractivity contribution in [1.82, 2.24) is 4.90 Å². The number of nitrogens with zero attached hydrogens (tertiary/aromatic N) is 1. The van der Waals surface area contributed by atoms with Crippen molar-refractivity contribution in [2.24, 2.45) is 0 Å². The third-order valence-corrected chi connectivity index (χ3v) is 5.50. The number of aliphatic hydroxyl groups excluding tert-OH is 1. The van der Waals surface area contributed by atoms with Crippen LogP contribution in [0.2, 0.25) is 0 Å². The molecular formula is C26H39NO7. The minimum atomic E-state index is -1.05. The molecule has 0 aliphatic heterocycles. The van der Waals surface area contributed by atoms with Crippen LogP contribution < -0.4 is 18.9 Å². The normalized spacial score (nSPS) is 11.3. The lowest BCUT2D eigenvalue weighted by molar-refractivity contribution is 0.0696. The second-order valence-electron chi connectivity index (χ2n) is 7.64. The number of carboxylic acids is 1. The minimum Gasteiger partial charge on any atom is -0.496 e. The number of hydrogen-bond donors (Lipinski definition) is 2. The van der Waals surface area contributed by atoms with Crippen LogP contribution in [0.5, 0.6) is 23.0 Å². The fourth-order valence-corrected chi connectivity index (χ4v) is 3.64. The molecule has 0 radical (unpaired) electrons. The fourth-order valence-electron chi connectivity index (χ4n) is 3.64. The summed E-state index contributed by atoms with van der Waals surface area (Å²) in [6, 6.07) is 11.5. The Morgan fingerprint density at radius 3 is 2.00 bits per heavy atom. The Kier molecular flexibility index (Phi) is 13.5. The predicted octanol–water partition coefficient (Wildman–Crippen LogP) is 4.13.